The smallest absolute Gasteiger partial charge is 0.236 e. The van der Waals surface area contributed by atoms with E-state index in [1.165, 1.54) is 32.1 Å². The lowest BCUT2D eigenvalue weighted by Crippen LogP contribution is -2.57. The van der Waals surface area contributed by atoms with Gasteiger partial charge < -0.3 is 10.2 Å². The number of hydrogen-bond donors (Lipinski definition) is 1. The van der Waals surface area contributed by atoms with Gasteiger partial charge in [-0.15, -0.1) is 0 Å². The van der Waals surface area contributed by atoms with Crippen LogP contribution in [0, 0.1) is 29.6 Å². The van der Waals surface area contributed by atoms with Crippen molar-refractivity contribution in [2.75, 3.05) is 19.6 Å². The standard InChI is InChI=1S/C16H26N2O/c1-10-7-17-8-16(19)18(10)9-15-13-3-11-2-12(5-13)6-14(15)4-11/h10-15,17H,2-9H2,1H3. The molecule has 0 aromatic carbocycles. The van der Waals surface area contributed by atoms with Gasteiger partial charge in [0.1, 0.15) is 0 Å². The second-order valence-electron chi connectivity index (χ2n) is 7.62. The highest BCUT2D eigenvalue weighted by molar-refractivity contribution is 5.79. The van der Waals surface area contributed by atoms with E-state index < -0.39 is 0 Å². The first kappa shape index (κ1) is 12.2. The van der Waals surface area contributed by atoms with E-state index in [-0.39, 0.29) is 0 Å². The van der Waals surface area contributed by atoms with Crippen molar-refractivity contribution in [3.63, 3.8) is 0 Å². The number of piperazine rings is 1. The average molecular weight is 262 g/mol. The van der Waals surface area contributed by atoms with Crippen molar-refractivity contribution in [1.82, 2.24) is 10.2 Å². The molecule has 4 aliphatic carbocycles. The molecule has 0 aromatic heterocycles. The Morgan fingerprint density at radius 2 is 1.74 bits per heavy atom. The first-order valence-corrected chi connectivity index (χ1v) is 8.21. The number of hydrogen-bond acceptors (Lipinski definition) is 2. The molecule has 3 heteroatoms. The highest BCUT2D eigenvalue weighted by Gasteiger charge is 2.49. The van der Waals surface area contributed by atoms with E-state index >= 15 is 0 Å². The molecular formula is C16H26N2O. The Morgan fingerprint density at radius 1 is 1.11 bits per heavy atom. The van der Waals surface area contributed by atoms with Gasteiger partial charge in [-0.3, -0.25) is 4.79 Å². The van der Waals surface area contributed by atoms with Gasteiger partial charge in [0.15, 0.2) is 0 Å². The van der Waals surface area contributed by atoms with Crippen molar-refractivity contribution in [2.45, 2.75) is 45.1 Å². The van der Waals surface area contributed by atoms with Crippen LogP contribution in [0.25, 0.3) is 0 Å². The van der Waals surface area contributed by atoms with Crippen LogP contribution in [0.3, 0.4) is 0 Å². The van der Waals surface area contributed by atoms with Gasteiger partial charge in [-0.05, 0) is 68.6 Å². The van der Waals surface area contributed by atoms with Gasteiger partial charge >= 0.3 is 0 Å². The summed E-state index contributed by atoms with van der Waals surface area (Å²) in [6.07, 6.45) is 7.37. The Bertz CT molecular complexity index is 353. The number of carbonyl (C=O) groups excluding carboxylic acids is 1. The maximum absolute atomic E-state index is 12.1. The van der Waals surface area contributed by atoms with Gasteiger partial charge in [0.25, 0.3) is 0 Å². The summed E-state index contributed by atoms with van der Waals surface area (Å²) in [4.78, 5) is 14.3. The molecule has 1 N–H and O–H groups in total. The van der Waals surface area contributed by atoms with Crippen LogP contribution in [0.4, 0.5) is 0 Å². The van der Waals surface area contributed by atoms with Crippen molar-refractivity contribution in [2.24, 2.45) is 29.6 Å². The number of amides is 1. The fourth-order valence-corrected chi connectivity index (χ4v) is 5.69. The quantitative estimate of drug-likeness (QED) is 0.824. The van der Waals surface area contributed by atoms with Crippen LogP contribution >= 0.6 is 0 Å². The lowest BCUT2D eigenvalue weighted by Gasteiger charge is -2.55. The summed E-state index contributed by atoms with van der Waals surface area (Å²) in [6, 6.07) is 0.387. The number of rotatable bonds is 2. The van der Waals surface area contributed by atoms with Crippen molar-refractivity contribution < 1.29 is 4.79 Å². The highest BCUT2D eigenvalue weighted by Crippen LogP contribution is 2.56. The Labute approximate surface area is 116 Å². The van der Waals surface area contributed by atoms with Gasteiger partial charge in [0.05, 0.1) is 6.54 Å². The minimum Gasteiger partial charge on any atom is -0.337 e. The first-order chi connectivity index (χ1) is 9.20. The van der Waals surface area contributed by atoms with Crippen molar-refractivity contribution in [1.29, 1.82) is 0 Å². The van der Waals surface area contributed by atoms with E-state index in [9.17, 15) is 4.79 Å². The second kappa shape index (κ2) is 4.47. The van der Waals surface area contributed by atoms with Crippen LogP contribution in [0.15, 0.2) is 0 Å². The first-order valence-electron chi connectivity index (χ1n) is 8.21. The molecule has 19 heavy (non-hydrogen) atoms. The molecule has 1 heterocycles. The van der Waals surface area contributed by atoms with E-state index in [4.69, 9.17) is 0 Å². The third-order valence-corrected chi connectivity index (χ3v) is 6.40. The van der Waals surface area contributed by atoms with Gasteiger partial charge in [0.2, 0.25) is 5.91 Å². The van der Waals surface area contributed by atoms with Gasteiger partial charge in [-0.1, -0.05) is 0 Å². The van der Waals surface area contributed by atoms with E-state index in [0.717, 1.165) is 42.7 Å². The molecule has 4 bridgehead atoms. The Hall–Kier alpha value is -0.570. The summed E-state index contributed by atoms with van der Waals surface area (Å²) in [5, 5.41) is 3.22. The third-order valence-electron chi connectivity index (χ3n) is 6.40. The number of nitrogens with one attached hydrogen (secondary N) is 1. The molecular weight excluding hydrogens is 236 g/mol. The summed E-state index contributed by atoms with van der Waals surface area (Å²) in [5.41, 5.74) is 0. The zero-order chi connectivity index (χ0) is 13.0. The Balaban J connectivity index is 1.49. The fourth-order valence-electron chi connectivity index (χ4n) is 5.69. The fraction of sp³-hybridized carbons (Fsp3) is 0.938. The molecule has 0 aromatic rings. The number of carbonyl (C=O) groups is 1. The summed E-state index contributed by atoms with van der Waals surface area (Å²) < 4.78 is 0. The maximum Gasteiger partial charge on any atom is 0.236 e. The molecule has 1 saturated heterocycles. The lowest BCUT2D eigenvalue weighted by atomic mass is 9.52. The zero-order valence-corrected chi connectivity index (χ0v) is 12.0. The molecule has 1 amide bonds. The SMILES string of the molecule is CC1CNCC(=O)N1CC1C2CC3CC(C2)CC1C3. The minimum atomic E-state index is 0.326. The lowest BCUT2D eigenvalue weighted by molar-refractivity contribution is -0.138. The highest BCUT2D eigenvalue weighted by atomic mass is 16.2. The molecule has 1 atom stereocenters. The topological polar surface area (TPSA) is 32.3 Å². The second-order valence-corrected chi connectivity index (χ2v) is 7.62. The zero-order valence-electron chi connectivity index (χ0n) is 12.0. The summed E-state index contributed by atoms with van der Waals surface area (Å²) in [5.74, 6) is 5.09. The van der Waals surface area contributed by atoms with E-state index in [0.29, 0.717) is 18.5 Å². The molecule has 106 valence electrons. The molecule has 3 nitrogen and oxygen atoms in total. The normalized spacial score (nSPS) is 48.9. The molecule has 0 radical (unpaired) electrons. The maximum atomic E-state index is 12.1. The third kappa shape index (κ3) is 2.01. The molecule has 5 fully saturated rings. The minimum absolute atomic E-state index is 0.326. The van der Waals surface area contributed by atoms with Gasteiger partial charge in [-0.2, -0.15) is 0 Å². The molecule has 5 rings (SSSR count). The van der Waals surface area contributed by atoms with E-state index in [1.54, 1.807) is 0 Å². The molecule has 5 aliphatic rings. The van der Waals surface area contributed by atoms with Crippen LogP contribution < -0.4 is 5.32 Å². The van der Waals surface area contributed by atoms with Crippen LogP contribution in [0.5, 0.6) is 0 Å². The van der Waals surface area contributed by atoms with Crippen molar-refractivity contribution in [3.05, 3.63) is 0 Å². The molecule has 4 saturated carbocycles. The van der Waals surface area contributed by atoms with Crippen LogP contribution in [-0.2, 0) is 4.79 Å². The molecule has 1 aliphatic heterocycles. The largest absolute Gasteiger partial charge is 0.337 e. The average Bonchev–Trinajstić information content (AvgIpc) is 2.36. The van der Waals surface area contributed by atoms with Crippen LogP contribution in [0.2, 0.25) is 0 Å². The van der Waals surface area contributed by atoms with E-state index in [1.807, 2.05) is 0 Å². The molecule has 0 spiro atoms. The van der Waals surface area contributed by atoms with E-state index in [2.05, 4.69) is 17.1 Å². The van der Waals surface area contributed by atoms with Crippen molar-refractivity contribution in [3.8, 4) is 0 Å². The predicted molar refractivity (Wildman–Crippen MR) is 74.6 cm³/mol. The molecule has 1 unspecified atom stereocenters. The summed E-state index contributed by atoms with van der Waals surface area (Å²) >= 11 is 0. The summed E-state index contributed by atoms with van der Waals surface area (Å²) in [6.45, 7) is 4.77. The Kier molecular flexibility index (Phi) is 2.87. The van der Waals surface area contributed by atoms with Crippen molar-refractivity contribution >= 4 is 5.91 Å². The van der Waals surface area contributed by atoms with Gasteiger partial charge in [0, 0.05) is 19.1 Å². The number of nitrogens with zero attached hydrogens (tertiary/aromatic N) is 1. The van der Waals surface area contributed by atoms with Crippen LogP contribution in [-0.4, -0.2) is 36.5 Å². The van der Waals surface area contributed by atoms with Gasteiger partial charge in [-0.25, -0.2) is 0 Å². The Morgan fingerprint density at radius 3 is 2.32 bits per heavy atom. The summed E-state index contributed by atoms with van der Waals surface area (Å²) in [7, 11) is 0. The monoisotopic (exact) mass is 262 g/mol. The predicted octanol–water partition coefficient (Wildman–Crippen LogP) is 1.88. The van der Waals surface area contributed by atoms with Crippen LogP contribution in [0.1, 0.15) is 39.0 Å².